The summed E-state index contributed by atoms with van der Waals surface area (Å²) in [6.45, 7) is 9.80. The molecule has 2 nitrogen and oxygen atoms in total. The maximum Gasteiger partial charge on any atom is 0.333 e. The lowest BCUT2D eigenvalue weighted by atomic mass is 9.94. The highest BCUT2D eigenvalue weighted by Gasteiger charge is 2.39. The Morgan fingerprint density at radius 3 is 2.71 bits per heavy atom. The summed E-state index contributed by atoms with van der Waals surface area (Å²) in [5, 5.41) is 0. The van der Waals surface area contributed by atoms with Crippen LogP contribution in [0.1, 0.15) is 46.5 Å². The minimum atomic E-state index is -0.255. The summed E-state index contributed by atoms with van der Waals surface area (Å²) in [7, 11) is 0. The fourth-order valence-electron chi connectivity index (χ4n) is 1.89. The van der Waals surface area contributed by atoms with E-state index < -0.39 is 0 Å². The summed E-state index contributed by atoms with van der Waals surface area (Å²) < 4.78 is 5.53. The third kappa shape index (κ3) is 2.17. The van der Waals surface area contributed by atoms with Crippen LogP contribution in [-0.2, 0) is 9.53 Å². The minimum absolute atomic E-state index is 0.219. The maximum atomic E-state index is 11.6. The lowest BCUT2D eigenvalue weighted by Crippen LogP contribution is -2.34. The van der Waals surface area contributed by atoms with Crippen molar-refractivity contribution in [3.63, 3.8) is 0 Å². The minimum Gasteiger partial charge on any atom is -0.456 e. The summed E-state index contributed by atoms with van der Waals surface area (Å²) in [6, 6.07) is 0. The highest BCUT2D eigenvalue weighted by Crippen LogP contribution is 2.38. The third-order valence-corrected chi connectivity index (χ3v) is 3.39. The van der Waals surface area contributed by atoms with Crippen LogP contribution in [0.3, 0.4) is 0 Å². The van der Waals surface area contributed by atoms with E-state index in [1.807, 2.05) is 13.8 Å². The van der Waals surface area contributed by atoms with E-state index >= 15 is 0 Å². The Morgan fingerprint density at radius 1 is 1.64 bits per heavy atom. The first-order valence-electron chi connectivity index (χ1n) is 5.40. The van der Waals surface area contributed by atoms with Crippen LogP contribution in [0.4, 0.5) is 0 Å². The van der Waals surface area contributed by atoms with Crippen LogP contribution >= 0.6 is 0 Å². The molecule has 0 aromatic rings. The van der Waals surface area contributed by atoms with Gasteiger partial charge in [0, 0.05) is 5.57 Å². The van der Waals surface area contributed by atoms with E-state index in [9.17, 15) is 4.79 Å². The van der Waals surface area contributed by atoms with E-state index in [0.717, 1.165) is 19.3 Å². The van der Waals surface area contributed by atoms with Gasteiger partial charge in [0.2, 0.25) is 0 Å². The van der Waals surface area contributed by atoms with Crippen molar-refractivity contribution in [2.45, 2.75) is 52.1 Å². The molecule has 0 amide bonds. The topological polar surface area (TPSA) is 26.3 Å². The van der Waals surface area contributed by atoms with Gasteiger partial charge in [-0.3, -0.25) is 0 Å². The van der Waals surface area contributed by atoms with Crippen LogP contribution in [0.5, 0.6) is 0 Å². The van der Waals surface area contributed by atoms with Gasteiger partial charge in [-0.2, -0.15) is 0 Å². The predicted octanol–water partition coefficient (Wildman–Crippen LogP) is 3.07. The Hall–Kier alpha value is -0.790. The Labute approximate surface area is 86.3 Å². The number of esters is 1. The first-order valence-corrected chi connectivity index (χ1v) is 5.40. The van der Waals surface area contributed by atoms with Gasteiger partial charge in [0.05, 0.1) is 0 Å². The fourth-order valence-corrected chi connectivity index (χ4v) is 1.89. The van der Waals surface area contributed by atoms with E-state index in [-0.39, 0.29) is 11.6 Å². The predicted molar refractivity (Wildman–Crippen MR) is 56.9 cm³/mol. The molecule has 2 atom stereocenters. The van der Waals surface area contributed by atoms with Crippen molar-refractivity contribution in [1.82, 2.24) is 0 Å². The van der Waals surface area contributed by atoms with Crippen molar-refractivity contribution in [2.24, 2.45) is 5.92 Å². The Morgan fingerprint density at radius 2 is 2.29 bits per heavy atom. The van der Waals surface area contributed by atoms with Crippen molar-refractivity contribution in [2.75, 3.05) is 0 Å². The summed E-state index contributed by atoms with van der Waals surface area (Å²) in [5.74, 6) is 0.250. The van der Waals surface area contributed by atoms with Crippen LogP contribution in [0.2, 0.25) is 0 Å². The number of carbonyl (C=O) groups excluding carboxylic acids is 1. The zero-order valence-corrected chi connectivity index (χ0v) is 9.43. The quantitative estimate of drug-likeness (QED) is 0.512. The maximum absolute atomic E-state index is 11.6. The standard InChI is InChI=1S/C12H20O2/c1-5-9(2)11(13)14-12(4)8-6-7-10(12)3/h10H,2,5-8H2,1,3-4H3. The van der Waals surface area contributed by atoms with Crippen molar-refractivity contribution < 1.29 is 9.53 Å². The molecule has 1 saturated carbocycles. The highest BCUT2D eigenvalue weighted by atomic mass is 16.6. The molecule has 1 rings (SSSR count). The Kier molecular flexibility index (Phi) is 3.35. The fraction of sp³-hybridized carbons (Fsp3) is 0.750. The van der Waals surface area contributed by atoms with Crippen LogP contribution in [0.15, 0.2) is 12.2 Å². The smallest absolute Gasteiger partial charge is 0.333 e. The zero-order chi connectivity index (χ0) is 10.8. The third-order valence-electron chi connectivity index (χ3n) is 3.39. The molecule has 0 aromatic heterocycles. The molecule has 0 saturated heterocycles. The van der Waals surface area contributed by atoms with Crippen molar-refractivity contribution >= 4 is 5.97 Å². The SMILES string of the molecule is C=C(CC)C(=O)OC1(C)CCCC1C. The Bertz CT molecular complexity index is 245. The van der Waals surface area contributed by atoms with Gasteiger partial charge in [0.1, 0.15) is 5.60 Å². The molecule has 0 heterocycles. The molecule has 0 spiro atoms. The molecule has 1 aliphatic rings. The van der Waals surface area contributed by atoms with Gasteiger partial charge in [-0.1, -0.05) is 20.4 Å². The number of carbonyl (C=O) groups is 1. The van der Waals surface area contributed by atoms with Crippen LogP contribution in [-0.4, -0.2) is 11.6 Å². The van der Waals surface area contributed by atoms with E-state index in [1.54, 1.807) is 0 Å². The average molecular weight is 196 g/mol. The highest BCUT2D eigenvalue weighted by molar-refractivity contribution is 5.87. The van der Waals surface area contributed by atoms with E-state index in [4.69, 9.17) is 4.74 Å². The first-order chi connectivity index (χ1) is 6.49. The largest absolute Gasteiger partial charge is 0.456 e. The summed E-state index contributed by atoms with van der Waals surface area (Å²) >= 11 is 0. The van der Waals surface area contributed by atoms with E-state index in [1.165, 1.54) is 0 Å². The van der Waals surface area contributed by atoms with E-state index in [2.05, 4.69) is 13.5 Å². The van der Waals surface area contributed by atoms with E-state index in [0.29, 0.717) is 17.9 Å². The summed E-state index contributed by atoms with van der Waals surface area (Å²) in [5.41, 5.74) is 0.320. The molecule has 2 heteroatoms. The second-order valence-electron chi connectivity index (χ2n) is 4.45. The molecule has 0 N–H and O–H groups in total. The van der Waals surface area contributed by atoms with Crippen molar-refractivity contribution in [3.05, 3.63) is 12.2 Å². The van der Waals surface area contributed by atoms with Gasteiger partial charge < -0.3 is 4.74 Å². The zero-order valence-electron chi connectivity index (χ0n) is 9.43. The molecule has 1 fully saturated rings. The molecule has 80 valence electrons. The second-order valence-corrected chi connectivity index (χ2v) is 4.45. The van der Waals surface area contributed by atoms with Gasteiger partial charge in [-0.05, 0) is 38.5 Å². The molecule has 0 aliphatic heterocycles. The van der Waals surface area contributed by atoms with Crippen molar-refractivity contribution in [1.29, 1.82) is 0 Å². The molecule has 1 aliphatic carbocycles. The van der Waals surface area contributed by atoms with Crippen LogP contribution < -0.4 is 0 Å². The average Bonchev–Trinajstić information content (AvgIpc) is 2.45. The number of hydrogen-bond donors (Lipinski definition) is 0. The number of ether oxygens (including phenoxy) is 1. The lowest BCUT2D eigenvalue weighted by Gasteiger charge is -2.29. The molecule has 0 bridgehead atoms. The molecule has 0 radical (unpaired) electrons. The van der Waals surface area contributed by atoms with Gasteiger partial charge >= 0.3 is 5.97 Å². The molecule has 0 aromatic carbocycles. The van der Waals surface area contributed by atoms with Gasteiger partial charge in [0.15, 0.2) is 0 Å². The molecule has 2 unspecified atom stereocenters. The number of hydrogen-bond acceptors (Lipinski definition) is 2. The molecule has 14 heavy (non-hydrogen) atoms. The Balaban J connectivity index is 2.59. The van der Waals surface area contributed by atoms with Gasteiger partial charge in [-0.15, -0.1) is 0 Å². The summed E-state index contributed by atoms with van der Waals surface area (Å²) in [4.78, 5) is 11.6. The normalized spacial score (nSPS) is 31.5. The first kappa shape index (κ1) is 11.3. The monoisotopic (exact) mass is 196 g/mol. The lowest BCUT2D eigenvalue weighted by molar-refractivity contribution is -0.156. The molecular formula is C12H20O2. The van der Waals surface area contributed by atoms with Crippen molar-refractivity contribution in [3.8, 4) is 0 Å². The van der Waals surface area contributed by atoms with Gasteiger partial charge in [-0.25, -0.2) is 4.79 Å². The summed E-state index contributed by atoms with van der Waals surface area (Å²) in [6.07, 6.45) is 3.96. The second kappa shape index (κ2) is 4.16. The van der Waals surface area contributed by atoms with Crippen LogP contribution in [0.25, 0.3) is 0 Å². The van der Waals surface area contributed by atoms with Gasteiger partial charge in [0.25, 0.3) is 0 Å². The van der Waals surface area contributed by atoms with Crippen LogP contribution in [0, 0.1) is 5.92 Å². The molecular weight excluding hydrogens is 176 g/mol. The number of rotatable bonds is 3.